The molecule has 0 bridgehead atoms. The van der Waals surface area contributed by atoms with E-state index in [2.05, 4.69) is 80.8 Å². The van der Waals surface area contributed by atoms with Crippen molar-refractivity contribution in [3.8, 4) is 0 Å². The summed E-state index contributed by atoms with van der Waals surface area (Å²) in [4.78, 5) is 26.1. The Morgan fingerprint density at radius 3 is 1.34 bits per heavy atom. The molecule has 0 aliphatic carbocycles. The van der Waals surface area contributed by atoms with Crippen LogP contribution in [-0.4, -0.2) is 46.9 Å². The Hall–Kier alpha value is -3.48. The Kier molecular flexibility index (Phi) is 48.7. The number of carbonyl (C=O) groups is 2. The van der Waals surface area contributed by atoms with Crippen molar-refractivity contribution >= 4 is 11.9 Å². The first kappa shape index (κ1) is 61.5. The molecule has 0 aromatic carbocycles. The molecule has 1 amide bonds. The highest BCUT2D eigenvalue weighted by Crippen LogP contribution is 2.16. The molecule has 0 radical (unpaired) electrons. The van der Waals surface area contributed by atoms with E-state index in [9.17, 15) is 19.8 Å². The lowest BCUT2D eigenvalue weighted by Crippen LogP contribution is -2.46. The summed E-state index contributed by atoms with van der Waals surface area (Å²) in [6, 6.07) is -0.752. The summed E-state index contributed by atoms with van der Waals surface area (Å²) in [5.74, 6) is -0.641. The quantitative estimate of drug-likeness (QED) is 0.0321. The highest BCUT2D eigenvalue weighted by Gasteiger charge is 2.23. The van der Waals surface area contributed by atoms with Crippen LogP contribution in [0.25, 0.3) is 0 Å². The second-order valence-electron chi connectivity index (χ2n) is 17.8. The molecule has 0 aliphatic rings. The first-order chi connectivity index (χ1) is 32.0. The van der Waals surface area contributed by atoms with Gasteiger partial charge in [0.15, 0.2) is 0 Å². The first-order valence-corrected chi connectivity index (χ1v) is 26.7. The molecule has 0 spiro atoms. The van der Waals surface area contributed by atoms with E-state index in [-0.39, 0.29) is 24.9 Å². The number of ether oxygens (including phenoxy) is 1. The SMILES string of the molecule is CC/C=C/C=C/C=C\C=C/C=C/CC(CC(=O)NC(CO)C(O)CCCCCCCCCCCCCCCCCCC)OC(=O)CCCCCCC/C=C/C=C/C=C/C=C/CCCCC. The molecule has 370 valence electrons. The summed E-state index contributed by atoms with van der Waals surface area (Å²) in [5, 5.41) is 23.7. The summed E-state index contributed by atoms with van der Waals surface area (Å²) >= 11 is 0. The molecule has 3 N–H and O–H groups in total. The summed E-state index contributed by atoms with van der Waals surface area (Å²) in [6.45, 7) is 6.26. The summed E-state index contributed by atoms with van der Waals surface area (Å²) < 4.78 is 5.83. The van der Waals surface area contributed by atoms with Crippen LogP contribution in [0.3, 0.4) is 0 Å². The molecule has 0 rings (SSSR count). The zero-order valence-corrected chi connectivity index (χ0v) is 42.1. The van der Waals surface area contributed by atoms with Crippen LogP contribution in [0.1, 0.15) is 226 Å². The average Bonchev–Trinajstić information content (AvgIpc) is 3.30. The average molecular weight is 902 g/mol. The predicted octanol–water partition coefficient (Wildman–Crippen LogP) is 16.3. The molecule has 0 saturated carbocycles. The minimum absolute atomic E-state index is 0.0344. The Labute approximate surface area is 400 Å². The largest absolute Gasteiger partial charge is 0.461 e. The van der Waals surface area contributed by atoms with Gasteiger partial charge in [0.05, 0.1) is 25.2 Å². The van der Waals surface area contributed by atoms with E-state index in [1.165, 1.54) is 109 Å². The topological polar surface area (TPSA) is 95.9 Å². The monoisotopic (exact) mass is 902 g/mol. The second-order valence-corrected chi connectivity index (χ2v) is 17.8. The van der Waals surface area contributed by atoms with Crippen molar-refractivity contribution in [1.29, 1.82) is 0 Å². The molecule has 0 aromatic heterocycles. The lowest BCUT2D eigenvalue weighted by atomic mass is 10.0. The second kappa shape index (κ2) is 51.5. The lowest BCUT2D eigenvalue weighted by Gasteiger charge is -2.24. The van der Waals surface area contributed by atoms with E-state index in [1.807, 2.05) is 54.7 Å². The van der Waals surface area contributed by atoms with Gasteiger partial charge in [0.1, 0.15) is 6.10 Å². The Balaban J connectivity index is 4.64. The number of hydrogen-bond acceptors (Lipinski definition) is 5. The van der Waals surface area contributed by atoms with Gasteiger partial charge in [0.25, 0.3) is 0 Å². The number of aliphatic hydroxyl groups excluding tert-OH is 2. The van der Waals surface area contributed by atoms with Gasteiger partial charge in [-0.05, 0) is 44.9 Å². The maximum absolute atomic E-state index is 13.2. The molecule has 3 unspecified atom stereocenters. The van der Waals surface area contributed by atoms with E-state index >= 15 is 0 Å². The summed E-state index contributed by atoms with van der Waals surface area (Å²) in [7, 11) is 0. The smallest absolute Gasteiger partial charge is 0.306 e. The van der Waals surface area contributed by atoms with Crippen LogP contribution < -0.4 is 5.32 Å². The number of rotatable bonds is 46. The third kappa shape index (κ3) is 46.8. The van der Waals surface area contributed by atoms with Crippen LogP contribution >= 0.6 is 0 Å². The van der Waals surface area contributed by atoms with Gasteiger partial charge >= 0.3 is 5.97 Å². The van der Waals surface area contributed by atoms with Crippen LogP contribution in [-0.2, 0) is 14.3 Å². The van der Waals surface area contributed by atoms with Crippen molar-refractivity contribution in [2.45, 2.75) is 244 Å². The predicted molar refractivity (Wildman–Crippen MR) is 282 cm³/mol. The standard InChI is InChI=1S/C59H99NO5/c1-4-7-10-13-16-19-22-24-26-28-30-32-34-37-40-43-46-49-52-59(64)65-55(50-47-44-41-38-35-21-18-15-12-9-6-3)53-58(63)60-56(54-61)57(62)51-48-45-42-39-36-33-31-29-27-25-23-20-17-14-11-8-5-2/h9,12,15-16,18-19,21-22,24,26,28,30,32,35,38,41,44,47,55-57,61-62H,4-8,10-11,13-14,17,20,23,25,27,29,31,33-34,36-37,39-40,42-43,45-46,48-54H2,1-3H3,(H,60,63)/b12-9+,18-15+,19-16+,24-22+,28-26+,32-30+,35-21-,41-38-,47-44+. The molecule has 6 nitrogen and oxygen atoms in total. The van der Waals surface area contributed by atoms with E-state index in [4.69, 9.17) is 4.74 Å². The van der Waals surface area contributed by atoms with Gasteiger partial charge < -0.3 is 20.3 Å². The first-order valence-electron chi connectivity index (χ1n) is 26.7. The van der Waals surface area contributed by atoms with Crippen molar-refractivity contribution in [2.24, 2.45) is 0 Å². The molecule has 0 saturated heterocycles. The number of hydrogen-bond donors (Lipinski definition) is 3. The maximum Gasteiger partial charge on any atom is 0.306 e. The fourth-order valence-electron chi connectivity index (χ4n) is 7.52. The van der Waals surface area contributed by atoms with Crippen LogP contribution in [0.2, 0.25) is 0 Å². The number of esters is 1. The van der Waals surface area contributed by atoms with Gasteiger partial charge in [0.2, 0.25) is 5.91 Å². The third-order valence-corrected chi connectivity index (χ3v) is 11.6. The van der Waals surface area contributed by atoms with Crippen LogP contribution in [0, 0.1) is 0 Å². The number of aliphatic hydroxyl groups is 2. The van der Waals surface area contributed by atoms with Gasteiger partial charge in [-0.15, -0.1) is 0 Å². The fraction of sp³-hybridized carbons (Fsp3) is 0.661. The number of amides is 1. The van der Waals surface area contributed by atoms with Crippen molar-refractivity contribution in [1.82, 2.24) is 5.32 Å². The number of allylic oxidation sites excluding steroid dienone is 17. The van der Waals surface area contributed by atoms with Crippen molar-refractivity contribution in [2.75, 3.05) is 6.61 Å². The highest BCUT2D eigenvalue weighted by atomic mass is 16.5. The van der Waals surface area contributed by atoms with Crippen LogP contribution in [0.4, 0.5) is 0 Å². The summed E-state index contributed by atoms with van der Waals surface area (Å²) in [6.07, 6.45) is 70.3. The molecule has 0 fully saturated rings. The van der Waals surface area contributed by atoms with Crippen LogP contribution in [0.5, 0.6) is 0 Å². The Morgan fingerprint density at radius 1 is 0.477 bits per heavy atom. The highest BCUT2D eigenvalue weighted by molar-refractivity contribution is 5.77. The number of nitrogens with one attached hydrogen (secondary N) is 1. The van der Waals surface area contributed by atoms with Gasteiger partial charge in [-0.3, -0.25) is 9.59 Å². The van der Waals surface area contributed by atoms with Gasteiger partial charge in [-0.1, -0.05) is 271 Å². The van der Waals surface area contributed by atoms with E-state index in [0.717, 1.165) is 70.6 Å². The number of carbonyl (C=O) groups excluding carboxylic acids is 2. The molecular weight excluding hydrogens is 803 g/mol. The van der Waals surface area contributed by atoms with Gasteiger partial charge in [-0.2, -0.15) is 0 Å². The van der Waals surface area contributed by atoms with Crippen LogP contribution in [0.15, 0.2) is 109 Å². The Bertz CT molecular complexity index is 1330. The molecule has 0 aliphatic heterocycles. The zero-order valence-electron chi connectivity index (χ0n) is 42.1. The summed E-state index contributed by atoms with van der Waals surface area (Å²) in [5.41, 5.74) is 0. The normalized spacial score (nSPS) is 14.1. The third-order valence-electron chi connectivity index (χ3n) is 11.6. The molecule has 0 aromatic rings. The van der Waals surface area contributed by atoms with Crippen molar-refractivity contribution in [3.05, 3.63) is 109 Å². The van der Waals surface area contributed by atoms with E-state index in [0.29, 0.717) is 19.3 Å². The molecule has 6 heteroatoms. The van der Waals surface area contributed by atoms with E-state index < -0.39 is 18.2 Å². The molecular formula is C59H99NO5. The van der Waals surface area contributed by atoms with Crippen molar-refractivity contribution < 1.29 is 24.5 Å². The molecule has 0 heterocycles. The molecule has 3 atom stereocenters. The maximum atomic E-state index is 13.2. The van der Waals surface area contributed by atoms with Gasteiger partial charge in [-0.25, -0.2) is 0 Å². The van der Waals surface area contributed by atoms with Gasteiger partial charge in [0, 0.05) is 12.8 Å². The van der Waals surface area contributed by atoms with E-state index in [1.54, 1.807) is 0 Å². The minimum atomic E-state index is -0.829. The Morgan fingerprint density at radius 2 is 0.862 bits per heavy atom. The van der Waals surface area contributed by atoms with Crippen molar-refractivity contribution in [3.63, 3.8) is 0 Å². The zero-order chi connectivity index (χ0) is 47.4. The molecule has 65 heavy (non-hydrogen) atoms. The fourth-order valence-corrected chi connectivity index (χ4v) is 7.52. The number of unbranched alkanes of at least 4 members (excludes halogenated alkanes) is 24. The lowest BCUT2D eigenvalue weighted by molar-refractivity contribution is -0.150. The minimum Gasteiger partial charge on any atom is -0.461 e.